The van der Waals surface area contributed by atoms with Gasteiger partial charge in [0.25, 0.3) is 5.91 Å². The van der Waals surface area contributed by atoms with Crippen molar-refractivity contribution in [2.75, 3.05) is 18.2 Å². The van der Waals surface area contributed by atoms with Gasteiger partial charge in [0.2, 0.25) is 5.89 Å². The molecule has 0 saturated heterocycles. The first-order valence-corrected chi connectivity index (χ1v) is 9.30. The maximum absolute atomic E-state index is 12.0. The van der Waals surface area contributed by atoms with Crippen LogP contribution in [-0.4, -0.2) is 29.0 Å². The topological polar surface area (TPSA) is 77.2 Å². The fourth-order valence-electron chi connectivity index (χ4n) is 2.31. The monoisotopic (exact) mass is 369 g/mol. The van der Waals surface area contributed by atoms with Gasteiger partial charge in [0, 0.05) is 4.90 Å². The average Bonchev–Trinajstić information content (AvgIpc) is 3.08. The smallest absolute Gasteiger partial charge is 0.322 e. The van der Waals surface area contributed by atoms with Gasteiger partial charge >= 0.3 is 6.01 Å². The van der Waals surface area contributed by atoms with Gasteiger partial charge in [-0.1, -0.05) is 35.4 Å². The minimum Gasteiger partial charge on any atom is -0.483 e. The summed E-state index contributed by atoms with van der Waals surface area (Å²) in [6.45, 7) is 1.79. The number of benzene rings is 2. The molecule has 1 heterocycles. The van der Waals surface area contributed by atoms with E-state index in [9.17, 15) is 4.79 Å². The van der Waals surface area contributed by atoms with Crippen LogP contribution in [0.25, 0.3) is 0 Å². The number of aryl methyl sites for hydroxylation is 1. The molecule has 3 aromatic rings. The number of nitrogens with zero attached hydrogens (tertiary/aromatic N) is 2. The van der Waals surface area contributed by atoms with Crippen LogP contribution < -0.4 is 10.1 Å². The third-order valence-corrected chi connectivity index (χ3v) is 4.42. The summed E-state index contributed by atoms with van der Waals surface area (Å²) >= 11 is 1.69. The average molecular weight is 369 g/mol. The van der Waals surface area contributed by atoms with Crippen LogP contribution in [0, 0.1) is 6.92 Å². The summed E-state index contributed by atoms with van der Waals surface area (Å²) in [5.74, 6) is 0.757. The SMILES string of the molecule is CSc1ccc(Cc2nnc(NC(=O)COc3ccccc3C)o2)cc1. The number of hydrogen-bond donors (Lipinski definition) is 1. The third kappa shape index (κ3) is 4.86. The Bertz CT molecular complexity index is 878. The molecule has 26 heavy (non-hydrogen) atoms. The highest BCUT2D eigenvalue weighted by atomic mass is 32.2. The molecule has 1 aromatic heterocycles. The number of anilines is 1. The number of nitrogens with one attached hydrogen (secondary N) is 1. The molecule has 134 valence electrons. The Kier molecular flexibility index (Phi) is 5.91. The molecule has 0 radical (unpaired) electrons. The predicted molar refractivity (Wildman–Crippen MR) is 101 cm³/mol. The van der Waals surface area contributed by atoms with E-state index in [1.807, 2.05) is 61.7 Å². The number of amides is 1. The molecule has 0 saturated carbocycles. The minimum absolute atomic E-state index is 0.0686. The lowest BCUT2D eigenvalue weighted by molar-refractivity contribution is -0.118. The fourth-order valence-corrected chi connectivity index (χ4v) is 2.72. The molecule has 0 aliphatic carbocycles. The highest BCUT2D eigenvalue weighted by Crippen LogP contribution is 2.18. The number of para-hydroxylation sites is 1. The number of rotatable bonds is 7. The lowest BCUT2D eigenvalue weighted by Crippen LogP contribution is -2.20. The molecule has 1 N–H and O–H groups in total. The number of carbonyl (C=O) groups is 1. The van der Waals surface area contributed by atoms with Gasteiger partial charge in [-0.25, -0.2) is 0 Å². The Morgan fingerprint density at radius 3 is 2.65 bits per heavy atom. The van der Waals surface area contributed by atoms with E-state index in [4.69, 9.17) is 9.15 Å². The van der Waals surface area contributed by atoms with E-state index in [1.165, 1.54) is 4.90 Å². The van der Waals surface area contributed by atoms with Crippen LogP contribution in [0.1, 0.15) is 17.0 Å². The lowest BCUT2D eigenvalue weighted by Gasteiger charge is -2.07. The first-order chi connectivity index (χ1) is 12.6. The second-order valence-electron chi connectivity index (χ2n) is 5.63. The van der Waals surface area contributed by atoms with Gasteiger partial charge in [-0.05, 0) is 42.5 Å². The Morgan fingerprint density at radius 2 is 1.92 bits per heavy atom. The number of hydrogen-bond acceptors (Lipinski definition) is 6. The van der Waals surface area contributed by atoms with E-state index in [1.54, 1.807) is 11.8 Å². The highest BCUT2D eigenvalue weighted by molar-refractivity contribution is 7.98. The van der Waals surface area contributed by atoms with Crippen molar-refractivity contribution in [3.63, 3.8) is 0 Å². The molecule has 0 atom stereocenters. The summed E-state index contributed by atoms with van der Waals surface area (Å²) in [6, 6.07) is 15.7. The van der Waals surface area contributed by atoms with E-state index in [0.29, 0.717) is 18.1 Å². The van der Waals surface area contributed by atoms with Crippen LogP contribution in [0.4, 0.5) is 6.01 Å². The number of aromatic nitrogens is 2. The standard InChI is InChI=1S/C19H19N3O3S/c1-13-5-3-4-6-16(13)24-12-17(23)20-19-22-21-18(25-19)11-14-7-9-15(26-2)10-8-14/h3-10H,11-12H2,1-2H3,(H,20,22,23). The van der Waals surface area contributed by atoms with Gasteiger partial charge in [0.05, 0.1) is 6.42 Å². The number of carbonyl (C=O) groups excluding carboxylic acids is 1. The molecule has 7 heteroatoms. The van der Waals surface area contributed by atoms with Crippen molar-refractivity contribution in [1.29, 1.82) is 0 Å². The fraction of sp³-hybridized carbons (Fsp3) is 0.211. The van der Waals surface area contributed by atoms with E-state index in [2.05, 4.69) is 15.5 Å². The summed E-state index contributed by atoms with van der Waals surface area (Å²) in [5, 5.41) is 10.4. The van der Waals surface area contributed by atoms with Crippen LogP contribution in [0.15, 0.2) is 57.8 Å². The Balaban J connectivity index is 1.52. The van der Waals surface area contributed by atoms with Crippen molar-refractivity contribution in [3.05, 3.63) is 65.5 Å². The van der Waals surface area contributed by atoms with Crippen molar-refractivity contribution >= 4 is 23.7 Å². The summed E-state index contributed by atoms with van der Waals surface area (Å²) in [6.07, 6.45) is 2.54. The van der Waals surface area contributed by atoms with E-state index in [-0.39, 0.29) is 18.5 Å². The predicted octanol–water partition coefficient (Wildman–Crippen LogP) is 3.71. The third-order valence-electron chi connectivity index (χ3n) is 3.68. The maximum Gasteiger partial charge on any atom is 0.322 e. The zero-order valence-electron chi connectivity index (χ0n) is 14.6. The first kappa shape index (κ1) is 18.0. The molecule has 6 nitrogen and oxygen atoms in total. The Hall–Kier alpha value is -2.80. The van der Waals surface area contributed by atoms with Crippen molar-refractivity contribution in [3.8, 4) is 5.75 Å². The van der Waals surface area contributed by atoms with Crippen LogP contribution in [0.3, 0.4) is 0 Å². The minimum atomic E-state index is -0.354. The summed E-state index contributed by atoms with van der Waals surface area (Å²) < 4.78 is 11.0. The zero-order chi connectivity index (χ0) is 18.4. The van der Waals surface area contributed by atoms with Gasteiger partial charge in [-0.2, -0.15) is 0 Å². The van der Waals surface area contributed by atoms with Gasteiger partial charge in [0.15, 0.2) is 6.61 Å². The van der Waals surface area contributed by atoms with Crippen molar-refractivity contribution in [2.24, 2.45) is 0 Å². The molecular formula is C19H19N3O3S. The van der Waals surface area contributed by atoms with Crippen LogP contribution in [0.5, 0.6) is 5.75 Å². The molecule has 1 amide bonds. The molecule has 0 spiro atoms. The van der Waals surface area contributed by atoms with Crippen LogP contribution in [0.2, 0.25) is 0 Å². The van der Waals surface area contributed by atoms with Crippen LogP contribution in [-0.2, 0) is 11.2 Å². The van der Waals surface area contributed by atoms with Crippen molar-refractivity contribution < 1.29 is 13.9 Å². The maximum atomic E-state index is 12.0. The summed E-state index contributed by atoms with van der Waals surface area (Å²) in [7, 11) is 0. The van der Waals surface area contributed by atoms with Gasteiger partial charge in [0.1, 0.15) is 5.75 Å². The summed E-state index contributed by atoms with van der Waals surface area (Å²) in [5.41, 5.74) is 2.03. The molecule has 0 bridgehead atoms. The molecule has 2 aromatic carbocycles. The Labute approximate surface area is 156 Å². The normalized spacial score (nSPS) is 10.5. The zero-order valence-corrected chi connectivity index (χ0v) is 15.4. The quantitative estimate of drug-likeness (QED) is 0.640. The van der Waals surface area contributed by atoms with E-state index >= 15 is 0 Å². The van der Waals surface area contributed by atoms with Gasteiger partial charge < -0.3 is 9.15 Å². The molecular weight excluding hydrogens is 350 g/mol. The first-order valence-electron chi connectivity index (χ1n) is 8.07. The number of thioether (sulfide) groups is 1. The van der Waals surface area contributed by atoms with E-state index in [0.717, 1.165) is 11.1 Å². The largest absolute Gasteiger partial charge is 0.483 e. The van der Waals surface area contributed by atoms with E-state index < -0.39 is 0 Å². The second-order valence-corrected chi connectivity index (χ2v) is 6.51. The summed E-state index contributed by atoms with van der Waals surface area (Å²) in [4.78, 5) is 13.2. The van der Waals surface area contributed by atoms with Crippen LogP contribution >= 0.6 is 11.8 Å². The number of ether oxygens (including phenoxy) is 1. The van der Waals surface area contributed by atoms with Crippen molar-refractivity contribution in [2.45, 2.75) is 18.2 Å². The van der Waals surface area contributed by atoms with Crippen molar-refractivity contribution in [1.82, 2.24) is 10.2 Å². The highest BCUT2D eigenvalue weighted by Gasteiger charge is 2.11. The molecule has 0 fully saturated rings. The molecule has 3 rings (SSSR count). The second kappa shape index (κ2) is 8.53. The molecule has 0 unspecified atom stereocenters. The van der Waals surface area contributed by atoms with Gasteiger partial charge in [-0.3, -0.25) is 10.1 Å². The Morgan fingerprint density at radius 1 is 1.15 bits per heavy atom. The molecule has 0 aliphatic heterocycles. The lowest BCUT2D eigenvalue weighted by atomic mass is 10.1. The van der Waals surface area contributed by atoms with Gasteiger partial charge in [-0.15, -0.1) is 16.9 Å². The molecule has 0 aliphatic rings.